The van der Waals surface area contributed by atoms with Crippen LogP contribution in [0.25, 0.3) is 0 Å². The van der Waals surface area contributed by atoms with Crippen molar-refractivity contribution in [3.63, 3.8) is 0 Å². The first-order valence-electron chi connectivity index (χ1n) is 1.34. The molecule has 0 rings (SSSR count). The van der Waals surface area contributed by atoms with Crippen molar-refractivity contribution in [2.45, 2.75) is 0 Å². The molecule has 0 spiro atoms. The molecule has 0 heterocycles. The van der Waals surface area contributed by atoms with E-state index in [1.807, 2.05) is 0 Å². The summed E-state index contributed by atoms with van der Waals surface area (Å²) in [6.45, 7) is 6.69. The average molecular weight is 96.1 g/mol. The van der Waals surface area contributed by atoms with E-state index < -0.39 is 0 Å². The molecule has 0 saturated carbocycles. The SMILES string of the molecule is CP(C)C.F. The van der Waals surface area contributed by atoms with Gasteiger partial charge >= 0.3 is 0 Å². The van der Waals surface area contributed by atoms with Crippen molar-refractivity contribution in [3.05, 3.63) is 0 Å². The molecule has 0 radical (unpaired) electrons. The van der Waals surface area contributed by atoms with E-state index in [0.29, 0.717) is 7.92 Å². The van der Waals surface area contributed by atoms with Crippen LogP contribution in [0.2, 0.25) is 0 Å². The minimum atomic E-state index is 0. The molecule has 2 heteroatoms. The molecule has 0 aliphatic carbocycles. The van der Waals surface area contributed by atoms with Crippen LogP contribution in [0.3, 0.4) is 0 Å². The van der Waals surface area contributed by atoms with Crippen LogP contribution in [0.1, 0.15) is 0 Å². The lowest BCUT2D eigenvalue weighted by atomic mass is 11.9. The van der Waals surface area contributed by atoms with Gasteiger partial charge in [-0.05, 0) is 20.0 Å². The molecule has 0 saturated heterocycles. The van der Waals surface area contributed by atoms with Gasteiger partial charge in [-0.2, -0.15) is 0 Å². The van der Waals surface area contributed by atoms with Crippen molar-refractivity contribution in [3.8, 4) is 0 Å². The second-order valence-electron chi connectivity index (χ2n) is 1.34. The van der Waals surface area contributed by atoms with Crippen LogP contribution in [-0.2, 0) is 0 Å². The third-order valence-corrected chi connectivity index (χ3v) is 0. The Morgan fingerprint density at radius 3 is 1.00 bits per heavy atom. The quantitative estimate of drug-likeness (QED) is 0.401. The van der Waals surface area contributed by atoms with Crippen molar-refractivity contribution in [1.29, 1.82) is 0 Å². The fourth-order valence-corrected chi connectivity index (χ4v) is 0. The highest BCUT2D eigenvalue weighted by Gasteiger charge is 1.65. The average Bonchev–Trinajstić information content (AvgIpc) is 0.811. The Bertz CT molecular complexity index is 11.6. The predicted octanol–water partition coefficient (Wildman–Crippen LogP) is 1.51. The number of rotatable bonds is 0. The smallest absolute Gasteiger partial charge is 0.0449 e. The van der Waals surface area contributed by atoms with Gasteiger partial charge in [0.15, 0.2) is 0 Å². The van der Waals surface area contributed by atoms with Crippen LogP contribution in [0, 0.1) is 0 Å². The summed E-state index contributed by atoms with van der Waals surface area (Å²) in [5.74, 6) is 0. The lowest BCUT2D eigenvalue weighted by molar-refractivity contribution is 1.11. The number of hydrogen-bond donors (Lipinski definition) is 0. The predicted molar refractivity (Wildman–Crippen MR) is 27.2 cm³/mol. The lowest BCUT2D eigenvalue weighted by Crippen LogP contribution is -1.48. The van der Waals surface area contributed by atoms with Gasteiger partial charge in [0.05, 0.1) is 0 Å². The Hall–Kier alpha value is 0.360. The Kier molecular flexibility index (Phi) is 7.87. The molecule has 0 amide bonds. The zero-order valence-corrected chi connectivity index (χ0v) is 4.75. The highest BCUT2D eigenvalue weighted by molar-refractivity contribution is 7.55. The van der Waals surface area contributed by atoms with E-state index in [-0.39, 0.29) is 4.70 Å². The monoisotopic (exact) mass is 96.1 g/mol. The lowest BCUT2D eigenvalue weighted by Gasteiger charge is -1.81. The molecule has 0 aromatic rings. The first-order valence-corrected chi connectivity index (χ1v) is 4.02. The maximum Gasteiger partial charge on any atom is -0.0449 e. The summed E-state index contributed by atoms with van der Waals surface area (Å²) in [6.07, 6.45) is 0. The first kappa shape index (κ1) is 9.03. The number of halogens is 1. The second kappa shape index (κ2) is 4.36. The zero-order valence-electron chi connectivity index (χ0n) is 3.86. The summed E-state index contributed by atoms with van der Waals surface area (Å²) in [5, 5.41) is 0. The molecule has 0 fully saturated rings. The molecule has 0 aromatic carbocycles. The van der Waals surface area contributed by atoms with Gasteiger partial charge in [-0.15, -0.1) is 7.92 Å². The van der Waals surface area contributed by atoms with Crippen molar-refractivity contribution in [2.75, 3.05) is 20.0 Å². The van der Waals surface area contributed by atoms with Gasteiger partial charge in [0, 0.05) is 0 Å². The van der Waals surface area contributed by atoms with Crippen LogP contribution in [0.5, 0.6) is 0 Å². The highest BCUT2D eigenvalue weighted by atomic mass is 31.1. The first-order chi connectivity index (χ1) is 1.73. The van der Waals surface area contributed by atoms with Crippen LogP contribution in [0.15, 0.2) is 0 Å². The fourth-order valence-electron chi connectivity index (χ4n) is 0. The van der Waals surface area contributed by atoms with E-state index in [2.05, 4.69) is 20.0 Å². The summed E-state index contributed by atoms with van der Waals surface area (Å²) in [5.41, 5.74) is 0. The molecule has 0 aliphatic heterocycles. The molecule has 0 unspecified atom stereocenters. The third kappa shape index (κ3) is 187. The van der Waals surface area contributed by atoms with Crippen molar-refractivity contribution in [2.24, 2.45) is 0 Å². The largest absolute Gasteiger partial charge is 0.269 e. The van der Waals surface area contributed by atoms with E-state index in [4.69, 9.17) is 0 Å². The molecule has 0 bridgehead atoms. The normalized spacial score (nSPS) is 7.20. The molecule has 0 N–H and O–H groups in total. The minimum Gasteiger partial charge on any atom is -0.269 e. The van der Waals surface area contributed by atoms with Gasteiger partial charge in [-0.3, -0.25) is 4.70 Å². The Labute approximate surface area is 33.7 Å². The van der Waals surface area contributed by atoms with Gasteiger partial charge in [0.25, 0.3) is 0 Å². The molecule has 0 nitrogen and oxygen atoms in total. The summed E-state index contributed by atoms with van der Waals surface area (Å²) < 4.78 is 0. The fraction of sp³-hybridized carbons (Fsp3) is 1.00. The van der Waals surface area contributed by atoms with Gasteiger partial charge < -0.3 is 0 Å². The van der Waals surface area contributed by atoms with E-state index in [0.717, 1.165) is 0 Å². The standard InChI is InChI=1S/C3H9P.FH/c1-4(2)3;/h1-3H3;1H. The third-order valence-electron chi connectivity index (χ3n) is 0. The van der Waals surface area contributed by atoms with Crippen LogP contribution < -0.4 is 0 Å². The molecular formula is C3H10FP. The highest BCUT2D eigenvalue weighted by Crippen LogP contribution is 2.14. The summed E-state index contributed by atoms with van der Waals surface area (Å²) in [4.78, 5) is 0. The molecule has 0 aromatic heterocycles. The topological polar surface area (TPSA) is 0 Å². The second-order valence-corrected chi connectivity index (χ2v) is 4.02. The molecule has 0 aliphatic rings. The van der Waals surface area contributed by atoms with Gasteiger partial charge in [-0.1, -0.05) is 0 Å². The zero-order chi connectivity index (χ0) is 3.58. The van der Waals surface area contributed by atoms with Crippen LogP contribution >= 0.6 is 7.92 Å². The van der Waals surface area contributed by atoms with Crippen LogP contribution in [-0.4, -0.2) is 20.0 Å². The Balaban J connectivity index is 0. The van der Waals surface area contributed by atoms with E-state index >= 15 is 0 Å². The maximum atomic E-state index is 2.23. The molecule has 0 atom stereocenters. The summed E-state index contributed by atoms with van der Waals surface area (Å²) in [6, 6.07) is 0. The van der Waals surface area contributed by atoms with Crippen molar-refractivity contribution in [1.82, 2.24) is 0 Å². The Morgan fingerprint density at radius 2 is 1.00 bits per heavy atom. The Morgan fingerprint density at radius 1 is 1.00 bits per heavy atom. The molecule has 34 valence electrons. The summed E-state index contributed by atoms with van der Waals surface area (Å²) in [7, 11) is 0.380. The number of hydrogen-bond acceptors (Lipinski definition) is 0. The van der Waals surface area contributed by atoms with Crippen molar-refractivity contribution >= 4 is 7.92 Å². The van der Waals surface area contributed by atoms with E-state index in [1.165, 1.54) is 0 Å². The van der Waals surface area contributed by atoms with Gasteiger partial charge in [0.1, 0.15) is 0 Å². The van der Waals surface area contributed by atoms with E-state index in [9.17, 15) is 0 Å². The summed E-state index contributed by atoms with van der Waals surface area (Å²) >= 11 is 0. The maximum absolute atomic E-state index is 2.23. The van der Waals surface area contributed by atoms with Crippen molar-refractivity contribution < 1.29 is 4.70 Å². The van der Waals surface area contributed by atoms with Gasteiger partial charge in [-0.25, -0.2) is 0 Å². The van der Waals surface area contributed by atoms with Crippen LogP contribution in [0.4, 0.5) is 4.70 Å². The minimum absolute atomic E-state index is 0. The van der Waals surface area contributed by atoms with Gasteiger partial charge in [0.2, 0.25) is 0 Å². The molecule has 5 heavy (non-hydrogen) atoms. The van der Waals surface area contributed by atoms with E-state index in [1.54, 1.807) is 0 Å². The molecular weight excluding hydrogens is 86.0 g/mol.